The molecule has 0 spiro atoms. The van der Waals surface area contributed by atoms with Crippen molar-refractivity contribution in [2.75, 3.05) is 6.54 Å². The summed E-state index contributed by atoms with van der Waals surface area (Å²) in [6, 6.07) is 4.90. The van der Waals surface area contributed by atoms with Crippen molar-refractivity contribution >= 4 is 40.4 Å². The lowest BCUT2D eigenvalue weighted by Crippen LogP contribution is -2.25. The van der Waals surface area contributed by atoms with Gasteiger partial charge in [-0.05, 0) is 50.3 Å². The van der Waals surface area contributed by atoms with E-state index >= 15 is 0 Å². The maximum atomic E-state index is 12.1. The van der Waals surface area contributed by atoms with Crippen molar-refractivity contribution in [1.29, 1.82) is 0 Å². The Labute approximate surface area is 150 Å². The minimum Gasteiger partial charge on any atom is -0.352 e. The topological polar surface area (TPSA) is 42.0 Å². The van der Waals surface area contributed by atoms with E-state index in [-0.39, 0.29) is 5.91 Å². The number of thiazole rings is 1. The van der Waals surface area contributed by atoms with Crippen molar-refractivity contribution in [2.45, 2.75) is 38.5 Å². The van der Waals surface area contributed by atoms with Crippen molar-refractivity contribution < 1.29 is 4.79 Å². The molecule has 1 aromatic carbocycles. The molecule has 2 aromatic rings. The molecule has 23 heavy (non-hydrogen) atoms. The summed E-state index contributed by atoms with van der Waals surface area (Å²) in [6.45, 7) is 0.603. The quantitative estimate of drug-likeness (QED) is 0.777. The van der Waals surface area contributed by atoms with Crippen molar-refractivity contribution in [3.05, 3.63) is 49.4 Å². The van der Waals surface area contributed by atoms with Crippen molar-refractivity contribution in [1.82, 2.24) is 10.3 Å². The highest BCUT2D eigenvalue weighted by atomic mass is 35.5. The van der Waals surface area contributed by atoms with Gasteiger partial charge in [-0.3, -0.25) is 4.79 Å². The molecule has 1 aliphatic carbocycles. The fourth-order valence-electron chi connectivity index (χ4n) is 2.72. The zero-order valence-corrected chi connectivity index (χ0v) is 15.0. The molecule has 0 radical (unpaired) electrons. The predicted molar refractivity (Wildman–Crippen MR) is 95.9 cm³/mol. The number of fused-ring (bicyclic) bond motifs is 1. The Hall–Kier alpha value is -1.10. The fourth-order valence-corrected chi connectivity index (χ4v) is 4.29. The van der Waals surface area contributed by atoms with Crippen LogP contribution in [0.15, 0.2) is 18.2 Å². The summed E-state index contributed by atoms with van der Waals surface area (Å²) in [4.78, 5) is 18.3. The maximum absolute atomic E-state index is 12.1. The van der Waals surface area contributed by atoms with Gasteiger partial charge in [-0.15, -0.1) is 11.3 Å². The number of nitrogens with zero attached hydrogens (tertiary/aromatic N) is 1. The van der Waals surface area contributed by atoms with E-state index in [9.17, 15) is 4.79 Å². The van der Waals surface area contributed by atoms with E-state index in [0.29, 0.717) is 22.2 Å². The van der Waals surface area contributed by atoms with Crippen molar-refractivity contribution in [2.24, 2.45) is 0 Å². The van der Waals surface area contributed by atoms with Crippen LogP contribution in [0.2, 0.25) is 10.0 Å². The molecule has 1 heterocycles. The SMILES string of the molecule is O=C(NCCCc1nc2c(s1)CCCC2)c1cc(Cl)ccc1Cl. The Morgan fingerprint density at radius 2 is 2.09 bits per heavy atom. The number of benzene rings is 1. The first kappa shape index (κ1) is 16.7. The molecule has 0 saturated carbocycles. The molecular weight excluding hydrogens is 351 g/mol. The van der Waals surface area contributed by atoms with E-state index in [1.165, 1.54) is 34.8 Å². The maximum Gasteiger partial charge on any atom is 0.252 e. The van der Waals surface area contributed by atoms with Gasteiger partial charge in [0.2, 0.25) is 0 Å². The van der Waals surface area contributed by atoms with Crippen LogP contribution in [0.1, 0.15) is 45.2 Å². The van der Waals surface area contributed by atoms with Gasteiger partial charge in [-0.25, -0.2) is 4.98 Å². The molecule has 1 aliphatic rings. The van der Waals surface area contributed by atoms with E-state index in [2.05, 4.69) is 5.32 Å². The normalized spacial score (nSPS) is 13.7. The Balaban J connectivity index is 1.48. The van der Waals surface area contributed by atoms with E-state index in [4.69, 9.17) is 28.2 Å². The minimum absolute atomic E-state index is 0.184. The van der Waals surface area contributed by atoms with Crippen LogP contribution < -0.4 is 5.32 Å². The standard InChI is InChI=1S/C17H18Cl2N2OS/c18-11-7-8-13(19)12(10-11)17(22)20-9-3-6-16-21-14-4-1-2-5-15(14)23-16/h7-8,10H,1-6,9H2,(H,20,22). The third-order valence-electron chi connectivity index (χ3n) is 3.92. The zero-order chi connectivity index (χ0) is 16.2. The van der Waals surface area contributed by atoms with E-state index in [0.717, 1.165) is 19.3 Å². The lowest BCUT2D eigenvalue weighted by molar-refractivity contribution is 0.0953. The molecule has 0 unspecified atom stereocenters. The Kier molecular flexibility index (Phi) is 5.57. The second-order valence-corrected chi connectivity index (χ2v) is 7.68. The molecule has 0 aliphatic heterocycles. The molecular formula is C17H18Cl2N2OS. The first-order valence-electron chi connectivity index (χ1n) is 7.84. The average molecular weight is 369 g/mol. The van der Waals surface area contributed by atoms with Gasteiger partial charge >= 0.3 is 0 Å². The molecule has 1 amide bonds. The third-order valence-corrected chi connectivity index (χ3v) is 5.70. The van der Waals surface area contributed by atoms with Gasteiger partial charge in [0.05, 0.1) is 21.3 Å². The van der Waals surface area contributed by atoms with Gasteiger partial charge in [0.1, 0.15) is 0 Å². The molecule has 0 fully saturated rings. The minimum atomic E-state index is -0.184. The first-order valence-corrected chi connectivity index (χ1v) is 9.41. The zero-order valence-electron chi connectivity index (χ0n) is 12.7. The molecule has 3 rings (SSSR count). The first-order chi connectivity index (χ1) is 11.1. The Morgan fingerprint density at radius 3 is 2.91 bits per heavy atom. The van der Waals surface area contributed by atoms with E-state index in [1.54, 1.807) is 18.2 Å². The summed E-state index contributed by atoms with van der Waals surface area (Å²) in [5.74, 6) is -0.184. The summed E-state index contributed by atoms with van der Waals surface area (Å²) >= 11 is 13.8. The van der Waals surface area contributed by atoms with E-state index in [1.807, 2.05) is 11.3 Å². The number of rotatable bonds is 5. The largest absolute Gasteiger partial charge is 0.352 e. The van der Waals surface area contributed by atoms with Crippen molar-refractivity contribution in [3.63, 3.8) is 0 Å². The molecule has 122 valence electrons. The molecule has 0 atom stereocenters. The van der Waals surface area contributed by atoms with Gasteiger partial charge in [-0.2, -0.15) is 0 Å². The monoisotopic (exact) mass is 368 g/mol. The number of amides is 1. The van der Waals surface area contributed by atoms with Crippen LogP contribution in [-0.4, -0.2) is 17.4 Å². The van der Waals surface area contributed by atoms with Crippen LogP contribution in [0.3, 0.4) is 0 Å². The van der Waals surface area contributed by atoms with Gasteiger partial charge < -0.3 is 5.32 Å². The van der Waals surface area contributed by atoms with Crippen LogP contribution >= 0.6 is 34.5 Å². The third kappa shape index (κ3) is 4.25. The number of nitrogens with one attached hydrogen (secondary N) is 1. The number of carbonyl (C=O) groups excluding carboxylic acids is 1. The fraction of sp³-hybridized carbons (Fsp3) is 0.412. The van der Waals surface area contributed by atoms with Crippen LogP contribution in [0.4, 0.5) is 0 Å². The summed E-state index contributed by atoms with van der Waals surface area (Å²) in [5, 5.41) is 5.00. The lowest BCUT2D eigenvalue weighted by Gasteiger charge is -2.06. The number of carbonyl (C=O) groups is 1. The highest BCUT2D eigenvalue weighted by molar-refractivity contribution is 7.11. The average Bonchev–Trinajstić information content (AvgIpc) is 2.96. The number of aryl methyl sites for hydroxylation is 3. The smallest absolute Gasteiger partial charge is 0.252 e. The summed E-state index contributed by atoms with van der Waals surface area (Å²) in [5.41, 5.74) is 1.72. The number of halogens is 2. The Morgan fingerprint density at radius 1 is 1.26 bits per heavy atom. The van der Waals surface area contributed by atoms with Gasteiger partial charge in [0.15, 0.2) is 0 Å². The van der Waals surface area contributed by atoms with Gasteiger partial charge in [0, 0.05) is 22.9 Å². The summed E-state index contributed by atoms with van der Waals surface area (Å²) in [6.07, 6.45) is 6.61. The number of aromatic nitrogens is 1. The molecule has 0 bridgehead atoms. The molecule has 1 N–H and O–H groups in total. The van der Waals surface area contributed by atoms with Crippen LogP contribution in [0.5, 0.6) is 0 Å². The Bertz CT molecular complexity index is 691. The molecule has 6 heteroatoms. The predicted octanol–water partition coefficient (Wildman–Crippen LogP) is 4.69. The van der Waals surface area contributed by atoms with Gasteiger partial charge in [0.25, 0.3) is 5.91 Å². The number of hydrogen-bond acceptors (Lipinski definition) is 3. The van der Waals surface area contributed by atoms with E-state index < -0.39 is 0 Å². The second-order valence-electron chi connectivity index (χ2n) is 5.67. The highest BCUT2D eigenvalue weighted by Gasteiger charge is 2.15. The van der Waals surface area contributed by atoms with Gasteiger partial charge in [-0.1, -0.05) is 23.2 Å². The van der Waals surface area contributed by atoms with Crippen LogP contribution in [-0.2, 0) is 19.3 Å². The second kappa shape index (κ2) is 7.65. The lowest BCUT2D eigenvalue weighted by atomic mass is 10.0. The summed E-state index contributed by atoms with van der Waals surface area (Å²) in [7, 11) is 0. The van der Waals surface area contributed by atoms with Crippen LogP contribution in [0, 0.1) is 0 Å². The molecule has 3 nitrogen and oxygen atoms in total. The van der Waals surface area contributed by atoms with Crippen LogP contribution in [0.25, 0.3) is 0 Å². The molecule has 1 aromatic heterocycles. The summed E-state index contributed by atoms with van der Waals surface area (Å²) < 4.78 is 0. The van der Waals surface area contributed by atoms with Crippen molar-refractivity contribution in [3.8, 4) is 0 Å². The molecule has 0 saturated heterocycles. The number of hydrogen-bond donors (Lipinski definition) is 1. The highest BCUT2D eigenvalue weighted by Crippen LogP contribution is 2.27.